The smallest absolute Gasteiger partial charge is 0.197 e. The van der Waals surface area contributed by atoms with Crippen LogP contribution in [0.3, 0.4) is 0 Å². The minimum Gasteiger partial charge on any atom is -0.465 e. The number of fused-ring (bicyclic) bond motifs is 1. The highest BCUT2D eigenvalue weighted by atomic mass is 16.7. The van der Waals surface area contributed by atoms with E-state index in [4.69, 9.17) is 9.47 Å². The molecule has 4 aromatic rings. The fourth-order valence-corrected chi connectivity index (χ4v) is 5.82. The van der Waals surface area contributed by atoms with Crippen LogP contribution in [0.1, 0.15) is 79.3 Å². The number of aryl methyl sites for hydroxylation is 3. The molecule has 2 nitrogen and oxygen atoms in total. The summed E-state index contributed by atoms with van der Waals surface area (Å²) < 4.78 is 12.5. The van der Waals surface area contributed by atoms with Gasteiger partial charge in [-0.1, -0.05) is 86.0 Å². The molecule has 0 N–H and O–H groups in total. The van der Waals surface area contributed by atoms with Gasteiger partial charge >= 0.3 is 0 Å². The van der Waals surface area contributed by atoms with Crippen molar-refractivity contribution in [2.24, 2.45) is 0 Å². The lowest BCUT2D eigenvalue weighted by Crippen LogP contribution is -2.27. The first-order valence-corrected chi connectivity index (χ1v) is 13.8. The Morgan fingerprint density at radius 3 is 2.00 bits per heavy atom. The minimum atomic E-state index is -0.310. The van der Waals surface area contributed by atoms with E-state index in [1.54, 1.807) is 0 Å². The molecule has 0 radical (unpaired) electrons. The Bertz CT molecular complexity index is 1380. The van der Waals surface area contributed by atoms with Gasteiger partial charge < -0.3 is 9.47 Å². The maximum atomic E-state index is 6.30. The predicted molar refractivity (Wildman–Crippen MR) is 155 cm³/mol. The molecule has 0 aliphatic heterocycles. The van der Waals surface area contributed by atoms with Gasteiger partial charge in [0.2, 0.25) is 0 Å². The Kier molecular flexibility index (Phi) is 7.40. The Morgan fingerprint density at radius 1 is 0.676 bits per heavy atom. The molecule has 2 unspecified atom stereocenters. The normalized spacial score (nSPS) is 16.9. The standard InChI is InChI=1S/C35H40O2/c1-24-15-17-30(21-25(24)2)35(5,32-18-16-28-11-9-10-12-29(28)23-32)31-19-20-34(26(3)22-31)37-27(4)36-33-13-7-6-8-14-33/h9-12,15-23,27,33H,6-8,13-14H2,1-5H3. The Labute approximate surface area is 222 Å². The molecule has 1 saturated carbocycles. The van der Waals surface area contributed by atoms with Crippen LogP contribution in [0.2, 0.25) is 0 Å². The van der Waals surface area contributed by atoms with E-state index in [1.807, 2.05) is 6.92 Å². The van der Waals surface area contributed by atoms with Gasteiger partial charge in [-0.05, 0) is 104 Å². The van der Waals surface area contributed by atoms with E-state index in [0.29, 0.717) is 6.10 Å². The molecule has 2 atom stereocenters. The van der Waals surface area contributed by atoms with Crippen molar-refractivity contribution >= 4 is 10.8 Å². The molecule has 5 rings (SSSR count). The molecule has 1 fully saturated rings. The van der Waals surface area contributed by atoms with E-state index < -0.39 is 0 Å². The molecule has 37 heavy (non-hydrogen) atoms. The quantitative estimate of drug-likeness (QED) is 0.189. The molecule has 4 aromatic carbocycles. The highest BCUT2D eigenvalue weighted by molar-refractivity contribution is 5.83. The third kappa shape index (κ3) is 5.31. The van der Waals surface area contributed by atoms with Crippen molar-refractivity contribution in [1.82, 2.24) is 0 Å². The molecular weight excluding hydrogens is 452 g/mol. The summed E-state index contributed by atoms with van der Waals surface area (Å²) in [5.41, 5.74) is 7.30. The lowest BCUT2D eigenvalue weighted by atomic mass is 9.70. The van der Waals surface area contributed by atoms with Crippen molar-refractivity contribution in [2.75, 3.05) is 0 Å². The molecule has 1 aliphatic rings. The van der Waals surface area contributed by atoms with Gasteiger partial charge in [0, 0.05) is 5.41 Å². The predicted octanol–water partition coefficient (Wildman–Crippen LogP) is 9.19. The van der Waals surface area contributed by atoms with Crippen molar-refractivity contribution in [3.63, 3.8) is 0 Å². The molecule has 0 spiro atoms. The second-order valence-corrected chi connectivity index (χ2v) is 11.0. The zero-order chi connectivity index (χ0) is 26.0. The van der Waals surface area contributed by atoms with E-state index in [9.17, 15) is 0 Å². The number of hydrogen-bond acceptors (Lipinski definition) is 2. The van der Waals surface area contributed by atoms with Gasteiger partial charge in [0.05, 0.1) is 6.10 Å². The van der Waals surface area contributed by atoms with Crippen LogP contribution in [0.5, 0.6) is 5.75 Å². The average molecular weight is 493 g/mol. The van der Waals surface area contributed by atoms with Crippen LogP contribution < -0.4 is 4.74 Å². The first kappa shape index (κ1) is 25.5. The molecule has 0 amide bonds. The highest BCUT2D eigenvalue weighted by Gasteiger charge is 2.32. The first-order valence-electron chi connectivity index (χ1n) is 13.8. The number of ether oxygens (including phenoxy) is 2. The van der Waals surface area contributed by atoms with Gasteiger partial charge in [0.1, 0.15) is 5.75 Å². The van der Waals surface area contributed by atoms with Crippen molar-refractivity contribution in [3.05, 3.63) is 112 Å². The van der Waals surface area contributed by atoms with Crippen LogP contribution in [0.4, 0.5) is 0 Å². The fraction of sp³-hybridized carbons (Fsp3) is 0.371. The summed E-state index contributed by atoms with van der Waals surface area (Å²) in [6.45, 7) is 10.9. The molecule has 1 aliphatic carbocycles. The SMILES string of the molecule is Cc1ccc(C(C)(c2ccc(OC(C)OC3CCCCC3)c(C)c2)c2ccc3ccccc3c2)cc1C. The van der Waals surface area contributed by atoms with Gasteiger partial charge in [-0.3, -0.25) is 0 Å². The van der Waals surface area contributed by atoms with Crippen molar-refractivity contribution in [2.45, 2.75) is 84.5 Å². The second kappa shape index (κ2) is 10.7. The lowest BCUT2D eigenvalue weighted by Gasteiger charge is -2.33. The maximum absolute atomic E-state index is 6.30. The molecular formula is C35H40O2. The van der Waals surface area contributed by atoms with Crippen molar-refractivity contribution in [1.29, 1.82) is 0 Å². The van der Waals surface area contributed by atoms with Crippen LogP contribution >= 0.6 is 0 Å². The average Bonchev–Trinajstić information content (AvgIpc) is 2.91. The zero-order valence-electron chi connectivity index (χ0n) is 23.0. The van der Waals surface area contributed by atoms with E-state index in [2.05, 4.69) is 107 Å². The lowest BCUT2D eigenvalue weighted by molar-refractivity contribution is -0.117. The topological polar surface area (TPSA) is 18.5 Å². The number of hydrogen-bond donors (Lipinski definition) is 0. The summed E-state index contributed by atoms with van der Waals surface area (Å²) in [6, 6.07) is 29.0. The van der Waals surface area contributed by atoms with Gasteiger partial charge in [0.15, 0.2) is 6.29 Å². The Morgan fingerprint density at radius 2 is 1.30 bits per heavy atom. The third-order valence-electron chi connectivity index (χ3n) is 8.39. The van der Waals surface area contributed by atoms with E-state index in [1.165, 1.54) is 57.9 Å². The molecule has 2 heteroatoms. The molecule has 0 aromatic heterocycles. The highest BCUT2D eigenvalue weighted by Crippen LogP contribution is 2.42. The molecule has 192 valence electrons. The second-order valence-electron chi connectivity index (χ2n) is 11.0. The largest absolute Gasteiger partial charge is 0.465 e. The Hall–Kier alpha value is -3.10. The van der Waals surface area contributed by atoms with Crippen LogP contribution in [0.15, 0.2) is 78.9 Å². The van der Waals surface area contributed by atoms with Crippen LogP contribution in [-0.2, 0) is 10.2 Å². The zero-order valence-corrected chi connectivity index (χ0v) is 23.0. The summed E-state index contributed by atoms with van der Waals surface area (Å²) in [5.74, 6) is 0.896. The van der Waals surface area contributed by atoms with Crippen molar-refractivity contribution in [3.8, 4) is 5.75 Å². The minimum absolute atomic E-state index is 0.251. The van der Waals surface area contributed by atoms with Crippen LogP contribution in [-0.4, -0.2) is 12.4 Å². The third-order valence-corrected chi connectivity index (χ3v) is 8.39. The van der Waals surface area contributed by atoms with Gasteiger partial charge in [0.25, 0.3) is 0 Å². The molecule has 0 bridgehead atoms. The summed E-state index contributed by atoms with van der Waals surface area (Å²) >= 11 is 0. The molecule has 0 saturated heterocycles. The van der Waals surface area contributed by atoms with Gasteiger partial charge in [-0.25, -0.2) is 0 Å². The van der Waals surface area contributed by atoms with Crippen LogP contribution in [0, 0.1) is 20.8 Å². The van der Waals surface area contributed by atoms with E-state index in [-0.39, 0.29) is 11.7 Å². The maximum Gasteiger partial charge on any atom is 0.197 e. The van der Waals surface area contributed by atoms with Crippen molar-refractivity contribution < 1.29 is 9.47 Å². The number of rotatable bonds is 7. The number of benzene rings is 4. The summed E-state index contributed by atoms with van der Waals surface area (Å²) in [6.07, 6.45) is 6.21. The first-order chi connectivity index (χ1) is 17.8. The van der Waals surface area contributed by atoms with Gasteiger partial charge in [-0.15, -0.1) is 0 Å². The summed E-state index contributed by atoms with van der Waals surface area (Å²) in [7, 11) is 0. The summed E-state index contributed by atoms with van der Waals surface area (Å²) in [4.78, 5) is 0. The Balaban J connectivity index is 1.51. The van der Waals surface area contributed by atoms with E-state index in [0.717, 1.165) is 24.2 Å². The van der Waals surface area contributed by atoms with E-state index >= 15 is 0 Å². The molecule has 0 heterocycles. The summed E-state index contributed by atoms with van der Waals surface area (Å²) in [5, 5.41) is 2.53. The van der Waals surface area contributed by atoms with Crippen LogP contribution in [0.25, 0.3) is 10.8 Å². The fourth-order valence-electron chi connectivity index (χ4n) is 5.82. The van der Waals surface area contributed by atoms with Gasteiger partial charge in [-0.2, -0.15) is 0 Å². The monoisotopic (exact) mass is 492 g/mol.